The van der Waals surface area contributed by atoms with Crippen molar-refractivity contribution in [2.45, 2.75) is 25.6 Å². The maximum atomic E-state index is 12.3. The van der Waals surface area contributed by atoms with Crippen LogP contribution >= 0.6 is 0 Å². The van der Waals surface area contributed by atoms with Crippen molar-refractivity contribution in [3.63, 3.8) is 0 Å². The van der Waals surface area contributed by atoms with Gasteiger partial charge in [0.05, 0.1) is 0 Å². The lowest BCUT2D eigenvalue weighted by Gasteiger charge is -2.11. The Hall–Kier alpha value is -2.15. The molecule has 1 heterocycles. The Balaban J connectivity index is 2.44. The molecule has 0 bridgehead atoms. The minimum absolute atomic E-state index is 0.0302. The maximum Gasteiger partial charge on any atom is 0.406 e. The van der Waals surface area contributed by atoms with Crippen LogP contribution in [0.4, 0.5) is 13.2 Å². The predicted octanol–water partition coefficient (Wildman–Crippen LogP) is 2.87. The Kier molecular flexibility index (Phi) is 5.92. The number of hydrogen-bond acceptors (Lipinski definition) is 2. The summed E-state index contributed by atoms with van der Waals surface area (Å²) in [6, 6.07) is 2.73. The molecule has 0 aliphatic heterocycles. The lowest BCUT2D eigenvalue weighted by Crippen LogP contribution is -2.29. The molecule has 1 N–H and O–H groups in total. The molecular formula is C11H14F3N5O. The number of halogens is 3. The summed E-state index contributed by atoms with van der Waals surface area (Å²) in [7, 11) is 0. The van der Waals surface area contributed by atoms with E-state index in [1.165, 1.54) is 18.3 Å². The van der Waals surface area contributed by atoms with Crippen LogP contribution in [0.15, 0.2) is 23.4 Å². The quantitative estimate of drug-likeness (QED) is 0.356. The van der Waals surface area contributed by atoms with E-state index in [1.807, 2.05) is 0 Å². The summed E-state index contributed by atoms with van der Waals surface area (Å²) in [4.78, 5) is 14.3. The predicted molar refractivity (Wildman–Crippen MR) is 66.1 cm³/mol. The maximum absolute atomic E-state index is 12.3. The van der Waals surface area contributed by atoms with Crippen LogP contribution in [0.3, 0.4) is 0 Å². The Morgan fingerprint density at radius 1 is 1.45 bits per heavy atom. The number of hydrogen-bond donors (Lipinski definition) is 1. The number of unbranched alkanes of at least 4 members (excludes halogenated alkanes) is 1. The summed E-state index contributed by atoms with van der Waals surface area (Å²) in [6.07, 6.45) is -1.97. The molecule has 0 saturated carbocycles. The van der Waals surface area contributed by atoms with Gasteiger partial charge < -0.3 is 9.88 Å². The number of alkyl halides is 3. The first-order chi connectivity index (χ1) is 9.44. The molecule has 0 atom stereocenters. The van der Waals surface area contributed by atoms with Crippen molar-refractivity contribution >= 4 is 5.91 Å². The molecule has 0 aliphatic rings. The van der Waals surface area contributed by atoms with Crippen LogP contribution in [0.2, 0.25) is 0 Å². The van der Waals surface area contributed by atoms with Crippen molar-refractivity contribution in [1.29, 1.82) is 0 Å². The molecule has 20 heavy (non-hydrogen) atoms. The summed E-state index contributed by atoms with van der Waals surface area (Å²) in [5.74, 6) is -0.553. The molecule has 110 valence electrons. The number of nitrogens with one attached hydrogen (secondary N) is 1. The molecule has 1 aromatic heterocycles. The zero-order valence-electron chi connectivity index (χ0n) is 10.6. The summed E-state index contributed by atoms with van der Waals surface area (Å²) < 4.78 is 37.7. The highest BCUT2D eigenvalue weighted by atomic mass is 19.4. The van der Waals surface area contributed by atoms with Gasteiger partial charge in [0.15, 0.2) is 0 Å². The fraction of sp³-hybridized carbons (Fsp3) is 0.545. The van der Waals surface area contributed by atoms with Gasteiger partial charge in [-0.15, -0.1) is 0 Å². The van der Waals surface area contributed by atoms with Crippen molar-refractivity contribution in [2.75, 3.05) is 13.1 Å². The zero-order valence-corrected chi connectivity index (χ0v) is 10.6. The van der Waals surface area contributed by atoms with E-state index in [1.54, 1.807) is 0 Å². The average Bonchev–Trinajstić information content (AvgIpc) is 2.79. The van der Waals surface area contributed by atoms with Gasteiger partial charge in [-0.25, -0.2) is 0 Å². The van der Waals surface area contributed by atoms with Crippen molar-refractivity contribution in [3.05, 3.63) is 34.5 Å². The minimum atomic E-state index is -4.37. The van der Waals surface area contributed by atoms with Crippen molar-refractivity contribution in [1.82, 2.24) is 9.88 Å². The fourth-order valence-electron chi connectivity index (χ4n) is 1.60. The zero-order chi connectivity index (χ0) is 15.0. The van der Waals surface area contributed by atoms with Gasteiger partial charge in [-0.1, -0.05) is 5.11 Å². The van der Waals surface area contributed by atoms with E-state index >= 15 is 0 Å². The highest BCUT2D eigenvalue weighted by molar-refractivity contribution is 5.92. The Labute approximate surface area is 113 Å². The van der Waals surface area contributed by atoms with E-state index in [0.717, 1.165) is 4.57 Å². The average molecular weight is 289 g/mol. The monoisotopic (exact) mass is 289 g/mol. The molecule has 9 heteroatoms. The second kappa shape index (κ2) is 7.44. The second-order valence-corrected chi connectivity index (χ2v) is 4.05. The summed E-state index contributed by atoms with van der Waals surface area (Å²) in [5, 5.41) is 5.86. The number of carbonyl (C=O) groups excluding carboxylic acids is 1. The molecule has 0 aromatic carbocycles. The van der Waals surface area contributed by atoms with Crippen LogP contribution in [-0.2, 0) is 6.54 Å². The molecule has 1 amide bonds. The Morgan fingerprint density at radius 2 is 2.20 bits per heavy atom. The van der Waals surface area contributed by atoms with Crippen LogP contribution in [-0.4, -0.2) is 29.7 Å². The smallest absolute Gasteiger partial charge is 0.351 e. The van der Waals surface area contributed by atoms with Gasteiger partial charge in [0.2, 0.25) is 0 Å². The lowest BCUT2D eigenvalue weighted by atomic mass is 10.3. The van der Waals surface area contributed by atoms with Gasteiger partial charge in [-0.3, -0.25) is 4.79 Å². The lowest BCUT2D eigenvalue weighted by molar-refractivity contribution is -0.140. The molecule has 0 saturated heterocycles. The Bertz CT molecular complexity index is 490. The van der Waals surface area contributed by atoms with Gasteiger partial charge in [-0.2, -0.15) is 13.2 Å². The van der Waals surface area contributed by atoms with Gasteiger partial charge >= 0.3 is 6.18 Å². The van der Waals surface area contributed by atoms with Crippen LogP contribution in [0.5, 0.6) is 0 Å². The first kappa shape index (κ1) is 15.9. The highest BCUT2D eigenvalue weighted by Gasteiger charge is 2.29. The van der Waals surface area contributed by atoms with Gasteiger partial charge in [0.25, 0.3) is 5.91 Å². The summed E-state index contributed by atoms with van der Waals surface area (Å²) in [6.45, 7) is -0.548. The molecule has 0 spiro atoms. The van der Waals surface area contributed by atoms with E-state index < -0.39 is 18.6 Å². The molecule has 6 nitrogen and oxygen atoms in total. The fourth-order valence-corrected chi connectivity index (χ4v) is 1.60. The summed E-state index contributed by atoms with van der Waals surface area (Å²) >= 11 is 0. The van der Waals surface area contributed by atoms with Crippen molar-refractivity contribution in [3.8, 4) is 0 Å². The largest absolute Gasteiger partial charge is 0.406 e. The van der Waals surface area contributed by atoms with E-state index in [9.17, 15) is 18.0 Å². The third-order valence-electron chi connectivity index (χ3n) is 2.45. The van der Waals surface area contributed by atoms with Crippen molar-refractivity contribution < 1.29 is 18.0 Å². The number of carbonyl (C=O) groups is 1. The SMILES string of the molecule is [N-]=[N+]=NCCCCNC(=O)c1cccn1CC(F)(F)F. The Morgan fingerprint density at radius 3 is 2.85 bits per heavy atom. The highest BCUT2D eigenvalue weighted by Crippen LogP contribution is 2.18. The normalized spacial score (nSPS) is 10.9. The van der Waals surface area contributed by atoms with Crippen molar-refractivity contribution in [2.24, 2.45) is 5.11 Å². The van der Waals surface area contributed by atoms with Crippen LogP contribution in [0.1, 0.15) is 23.3 Å². The minimum Gasteiger partial charge on any atom is -0.351 e. The molecule has 0 aliphatic carbocycles. The molecule has 0 unspecified atom stereocenters. The second-order valence-electron chi connectivity index (χ2n) is 4.05. The molecule has 1 aromatic rings. The number of aromatic nitrogens is 1. The first-order valence-electron chi connectivity index (χ1n) is 5.95. The van der Waals surface area contributed by atoms with E-state index in [2.05, 4.69) is 15.3 Å². The van der Waals surface area contributed by atoms with Crippen LogP contribution in [0.25, 0.3) is 10.4 Å². The third kappa shape index (κ3) is 5.66. The van der Waals surface area contributed by atoms with E-state index in [4.69, 9.17) is 5.53 Å². The third-order valence-corrected chi connectivity index (χ3v) is 2.45. The van der Waals surface area contributed by atoms with Crippen LogP contribution in [0, 0.1) is 0 Å². The van der Waals surface area contributed by atoms with Crippen LogP contribution < -0.4 is 5.32 Å². The standard InChI is InChI=1S/C11H14F3N5O/c12-11(13,14)8-19-7-3-4-9(19)10(20)16-5-1-2-6-17-18-15/h3-4,7H,1-2,5-6,8H2,(H,16,20). The van der Waals surface area contributed by atoms with Gasteiger partial charge in [0.1, 0.15) is 12.2 Å². The molecule has 1 rings (SSSR count). The molecule has 0 fully saturated rings. The van der Waals surface area contributed by atoms with Gasteiger partial charge in [0, 0.05) is 24.2 Å². The van der Waals surface area contributed by atoms with E-state index in [0.29, 0.717) is 25.9 Å². The number of nitrogens with zero attached hydrogens (tertiary/aromatic N) is 4. The topological polar surface area (TPSA) is 82.8 Å². The molecule has 0 radical (unpaired) electrons. The van der Waals surface area contributed by atoms with Gasteiger partial charge in [-0.05, 0) is 30.5 Å². The first-order valence-corrected chi connectivity index (χ1v) is 5.95. The number of azide groups is 1. The van der Waals surface area contributed by atoms with E-state index in [-0.39, 0.29) is 5.69 Å². The number of rotatable bonds is 7. The summed E-state index contributed by atoms with van der Waals surface area (Å²) in [5.41, 5.74) is 8.02. The number of amides is 1. The molecular weight excluding hydrogens is 275 g/mol.